The summed E-state index contributed by atoms with van der Waals surface area (Å²) in [7, 11) is 0. The number of hydrogen-bond donors (Lipinski definition) is 0. The molecule has 0 aliphatic carbocycles. The van der Waals surface area contributed by atoms with Crippen molar-refractivity contribution in [2.75, 3.05) is 16.5 Å². The van der Waals surface area contributed by atoms with Crippen LogP contribution in [-0.4, -0.2) is 11.7 Å². The van der Waals surface area contributed by atoms with Crippen molar-refractivity contribution in [2.24, 2.45) is 0 Å². The molecule has 0 saturated heterocycles. The maximum atomic E-state index is 4.34. The molecule has 1 aliphatic heterocycles. The Hall–Kier alpha value is -2.81. The van der Waals surface area contributed by atoms with E-state index in [0.29, 0.717) is 0 Å². The van der Waals surface area contributed by atoms with Crippen LogP contribution in [0.5, 0.6) is 0 Å². The molecular weight excluding hydrogens is 294 g/mol. The number of anilines is 4. The molecule has 1 aliphatic rings. The normalized spacial score (nSPS) is 13.3. The van der Waals surface area contributed by atoms with Crippen molar-refractivity contribution in [3.8, 4) is 0 Å². The van der Waals surface area contributed by atoms with Crippen LogP contribution < -0.4 is 9.80 Å². The molecule has 0 unspecified atom stereocenters. The van der Waals surface area contributed by atoms with E-state index in [1.165, 1.54) is 39.4 Å². The molecule has 4 rings (SSSR count). The molecule has 3 aromatic rings. The summed E-state index contributed by atoms with van der Waals surface area (Å²) in [4.78, 5) is 9.10. The van der Waals surface area contributed by atoms with Gasteiger partial charge >= 0.3 is 0 Å². The summed E-state index contributed by atoms with van der Waals surface area (Å²) in [6.07, 6.45) is 3.81. The minimum Gasteiger partial charge on any atom is -0.320 e. The van der Waals surface area contributed by atoms with Gasteiger partial charge in [0.2, 0.25) is 0 Å². The third kappa shape index (κ3) is 2.24. The van der Waals surface area contributed by atoms with Crippen LogP contribution in [0.1, 0.15) is 16.7 Å². The van der Waals surface area contributed by atoms with E-state index in [1.54, 1.807) is 0 Å². The fraction of sp³-hybridized carbons (Fsp3) is 0.190. The summed E-state index contributed by atoms with van der Waals surface area (Å²) in [5, 5.41) is 0. The maximum absolute atomic E-state index is 4.34. The van der Waals surface area contributed by atoms with Gasteiger partial charge in [0.15, 0.2) is 0 Å². The Kier molecular flexibility index (Phi) is 3.49. The van der Waals surface area contributed by atoms with E-state index in [1.807, 2.05) is 12.4 Å². The fourth-order valence-electron chi connectivity index (χ4n) is 3.58. The van der Waals surface area contributed by atoms with Crippen LogP contribution in [-0.2, 0) is 0 Å². The predicted molar refractivity (Wildman–Crippen MR) is 100 cm³/mol. The molecule has 0 saturated carbocycles. The smallest absolute Gasteiger partial charge is 0.100 e. The first kappa shape index (κ1) is 14.8. The number of para-hydroxylation sites is 3. The lowest BCUT2D eigenvalue weighted by Gasteiger charge is -2.25. The second-order valence-electron chi connectivity index (χ2n) is 6.39. The first-order valence-electron chi connectivity index (χ1n) is 8.28. The van der Waals surface area contributed by atoms with Crippen molar-refractivity contribution >= 4 is 22.7 Å². The van der Waals surface area contributed by atoms with Gasteiger partial charge in [0.1, 0.15) is 6.67 Å². The average Bonchev–Trinajstić information content (AvgIpc) is 2.95. The van der Waals surface area contributed by atoms with E-state index in [-0.39, 0.29) is 0 Å². The van der Waals surface area contributed by atoms with E-state index in [9.17, 15) is 0 Å². The van der Waals surface area contributed by atoms with E-state index in [2.05, 4.69) is 84.1 Å². The quantitative estimate of drug-likeness (QED) is 0.643. The van der Waals surface area contributed by atoms with Crippen LogP contribution in [0.25, 0.3) is 0 Å². The van der Waals surface area contributed by atoms with Gasteiger partial charge in [0, 0.05) is 11.9 Å². The number of fused-ring (bicyclic) bond motifs is 1. The minimum absolute atomic E-state index is 0.803. The van der Waals surface area contributed by atoms with Gasteiger partial charge in [-0.2, -0.15) is 0 Å². The van der Waals surface area contributed by atoms with Gasteiger partial charge in [-0.05, 0) is 55.7 Å². The monoisotopic (exact) mass is 315 g/mol. The molecule has 3 heteroatoms. The molecule has 2 heterocycles. The predicted octanol–water partition coefficient (Wildman–Crippen LogP) is 5.25. The molecule has 0 spiro atoms. The molecular formula is C21H21N3. The van der Waals surface area contributed by atoms with Crippen LogP contribution in [0.3, 0.4) is 0 Å². The van der Waals surface area contributed by atoms with Crippen LogP contribution in [0, 0.1) is 20.8 Å². The molecule has 0 N–H and O–H groups in total. The minimum atomic E-state index is 0.803. The van der Waals surface area contributed by atoms with Crippen molar-refractivity contribution in [3.63, 3.8) is 0 Å². The zero-order chi connectivity index (χ0) is 16.7. The van der Waals surface area contributed by atoms with E-state index in [0.717, 1.165) is 6.67 Å². The molecule has 0 atom stereocenters. The van der Waals surface area contributed by atoms with Crippen molar-refractivity contribution < 1.29 is 0 Å². The van der Waals surface area contributed by atoms with E-state index < -0.39 is 0 Å². The maximum Gasteiger partial charge on any atom is 0.100 e. The second-order valence-corrected chi connectivity index (χ2v) is 6.39. The summed E-state index contributed by atoms with van der Waals surface area (Å²) >= 11 is 0. The third-order valence-electron chi connectivity index (χ3n) is 4.76. The average molecular weight is 315 g/mol. The van der Waals surface area contributed by atoms with E-state index >= 15 is 0 Å². The summed E-state index contributed by atoms with van der Waals surface area (Å²) in [6.45, 7) is 7.31. The van der Waals surface area contributed by atoms with Crippen LogP contribution in [0.15, 0.2) is 60.9 Å². The molecule has 3 nitrogen and oxygen atoms in total. The summed E-state index contributed by atoms with van der Waals surface area (Å²) < 4.78 is 0. The zero-order valence-electron chi connectivity index (χ0n) is 14.3. The molecule has 120 valence electrons. The molecule has 0 amide bonds. The van der Waals surface area contributed by atoms with E-state index in [4.69, 9.17) is 0 Å². The SMILES string of the molecule is Cc1ccncc1N1CN(c2c(C)cccc2C)c2ccccc21. The van der Waals surface area contributed by atoms with Crippen LogP contribution in [0.2, 0.25) is 0 Å². The molecule has 0 fully saturated rings. The number of hydrogen-bond acceptors (Lipinski definition) is 3. The standard InChI is InChI=1S/C21H21N3/c1-15-11-12-22-13-20(15)23-14-24(19-10-5-4-9-18(19)23)21-16(2)7-6-8-17(21)3/h4-13H,14H2,1-3H3. The molecule has 0 bridgehead atoms. The van der Waals surface area contributed by atoms with Gasteiger partial charge in [0.25, 0.3) is 0 Å². The van der Waals surface area contributed by atoms with Gasteiger partial charge < -0.3 is 9.80 Å². The third-order valence-corrected chi connectivity index (χ3v) is 4.76. The first-order valence-corrected chi connectivity index (χ1v) is 8.28. The second kappa shape index (κ2) is 5.68. The highest BCUT2D eigenvalue weighted by molar-refractivity contribution is 5.88. The lowest BCUT2D eigenvalue weighted by atomic mass is 10.1. The Balaban J connectivity index is 1.87. The highest BCUT2D eigenvalue weighted by atomic mass is 15.4. The number of aromatic nitrogens is 1. The van der Waals surface area contributed by atoms with Gasteiger partial charge in [0.05, 0.1) is 23.3 Å². The highest BCUT2D eigenvalue weighted by Gasteiger charge is 2.29. The first-order chi connectivity index (χ1) is 11.7. The van der Waals surface area contributed by atoms with Gasteiger partial charge in [-0.15, -0.1) is 0 Å². The molecule has 24 heavy (non-hydrogen) atoms. The number of aryl methyl sites for hydroxylation is 3. The van der Waals surface area contributed by atoms with Gasteiger partial charge in [-0.25, -0.2) is 0 Å². The Morgan fingerprint density at radius 3 is 2.04 bits per heavy atom. The van der Waals surface area contributed by atoms with Gasteiger partial charge in [-0.3, -0.25) is 4.98 Å². The Labute approximate surface area is 143 Å². The number of nitrogens with zero attached hydrogens (tertiary/aromatic N) is 3. The fourth-order valence-corrected chi connectivity index (χ4v) is 3.58. The summed E-state index contributed by atoms with van der Waals surface area (Å²) in [6, 6.07) is 17.2. The zero-order valence-corrected chi connectivity index (χ0v) is 14.3. The number of benzene rings is 2. The summed E-state index contributed by atoms with van der Waals surface area (Å²) in [5.41, 5.74) is 8.79. The largest absolute Gasteiger partial charge is 0.320 e. The molecule has 0 radical (unpaired) electrons. The van der Waals surface area contributed by atoms with Crippen LogP contribution in [0.4, 0.5) is 22.7 Å². The lowest BCUT2D eigenvalue weighted by Crippen LogP contribution is -2.25. The lowest BCUT2D eigenvalue weighted by molar-refractivity contribution is 0.970. The molecule has 2 aromatic carbocycles. The Morgan fingerprint density at radius 1 is 0.708 bits per heavy atom. The Bertz CT molecular complexity index is 881. The van der Waals surface area contributed by atoms with Crippen molar-refractivity contribution in [1.29, 1.82) is 0 Å². The van der Waals surface area contributed by atoms with Crippen molar-refractivity contribution in [3.05, 3.63) is 77.6 Å². The van der Waals surface area contributed by atoms with Crippen molar-refractivity contribution in [1.82, 2.24) is 4.98 Å². The number of rotatable bonds is 2. The highest BCUT2D eigenvalue weighted by Crippen LogP contribution is 2.45. The molecule has 1 aromatic heterocycles. The topological polar surface area (TPSA) is 19.4 Å². The van der Waals surface area contributed by atoms with Gasteiger partial charge in [-0.1, -0.05) is 30.3 Å². The summed E-state index contributed by atoms with van der Waals surface area (Å²) in [5.74, 6) is 0. The Morgan fingerprint density at radius 2 is 1.38 bits per heavy atom. The van der Waals surface area contributed by atoms with Crippen LogP contribution >= 0.6 is 0 Å². The van der Waals surface area contributed by atoms with Crippen molar-refractivity contribution in [2.45, 2.75) is 20.8 Å². The number of pyridine rings is 1.